The van der Waals surface area contributed by atoms with Crippen molar-refractivity contribution >= 4 is 32.7 Å². The highest BCUT2D eigenvalue weighted by Gasteiger charge is 2.12. The number of benzene rings is 2. The Bertz CT molecular complexity index is 547. The number of rotatable bonds is 1. The first-order chi connectivity index (χ1) is 7.11. The number of hydrogen-bond donors (Lipinski definition) is 1. The average Bonchev–Trinajstić information content (AvgIpc) is 2.23. The second-order valence-electron chi connectivity index (χ2n) is 3.39. The zero-order valence-electron chi connectivity index (χ0n) is 8.12. The highest BCUT2D eigenvalue weighted by atomic mass is 79.9. The van der Waals surface area contributed by atoms with E-state index in [2.05, 4.69) is 15.9 Å². The maximum Gasteiger partial charge on any atom is 0.336 e. The minimum atomic E-state index is -0.890. The molecule has 1 N–H and O–H groups in total. The smallest absolute Gasteiger partial charge is 0.336 e. The summed E-state index contributed by atoms with van der Waals surface area (Å²) in [5, 5.41) is 11.0. The van der Waals surface area contributed by atoms with E-state index in [4.69, 9.17) is 5.11 Å². The summed E-state index contributed by atoms with van der Waals surface area (Å²) in [6.45, 7) is 1.81. The Morgan fingerprint density at radius 1 is 1.33 bits per heavy atom. The molecule has 0 bridgehead atoms. The van der Waals surface area contributed by atoms with Crippen LogP contribution < -0.4 is 0 Å². The second-order valence-corrected chi connectivity index (χ2v) is 4.18. The van der Waals surface area contributed by atoms with Crippen molar-refractivity contribution in [2.24, 2.45) is 0 Å². The van der Waals surface area contributed by atoms with Crippen LogP contribution in [-0.4, -0.2) is 11.1 Å². The van der Waals surface area contributed by atoms with Gasteiger partial charge in [-0.1, -0.05) is 24.3 Å². The van der Waals surface area contributed by atoms with Crippen molar-refractivity contribution in [3.8, 4) is 0 Å². The highest BCUT2D eigenvalue weighted by Crippen LogP contribution is 2.30. The molecule has 76 valence electrons. The molecule has 0 aliphatic heterocycles. The van der Waals surface area contributed by atoms with Crippen LogP contribution in [0.1, 0.15) is 15.9 Å². The molecular formula is C12H9BrO2. The first-order valence-electron chi connectivity index (χ1n) is 4.52. The number of carbonyl (C=O) groups is 1. The summed E-state index contributed by atoms with van der Waals surface area (Å²) < 4.78 is 0.859. The van der Waals surface area contributed by atoms with Crippen LogP contribution in [-0.2, 0) is 0 Å². The number of fused-ring (bicyclic) bond motifs is 1. The van der Waals surface area contributed by atoms with E-state index in [0.29, 0.717) is 5.56 Å². The van der Waals surface area contributed by atoms with Crippen LogP contribution in [0.25, 0.3) is 10.8 Å². The van der Waals surface area contributed by atoms with Crippen molar-refractivity contribution < 1.29 is 9.90 Å². The molecular weight excluding hydrogens is 256 g/mol. The Labute approximate surface area is 95.7 Å². The molecule has 2 aromatic carbocycles. The molecule has 2 rings (SSSR count). The van der Waals surface area contributed by atoms with Gasteiger partial charge in [-0.05, 0) is 45.3 Å². The normalized spacial score (nSPS) is 10.5. The van der Waals surface area contributed by atoms with Crippen molar-refractivity contribution in [2.75, 3.05) is 0 Å². The molecule has 0 saturated heterocycles. The summed E-state index contributed by atoms with van der Waals surface area (Å²) in [5.41, 5.74) is 1.11. The summed E-state index contributed by atoms with van der Waals surface area (Å²) in [6, 6.07) is 9.42. The van der Waals surface area contributed by atoms with Crippen LogP contribution in [0.5, 0.6) is 0 Å². The van der Waals surface area contributed by atoms with Gasteiger partial charge in [0.1, 0.15) is 0 Å². The van der Waals surface area contributed by atoms with Crippen LogP contribution in [0.3, 0.4) is 0 Å². The van der Waals surface area contributed by atoms with E-state index in [0.717, 1.165) is 20.8 Å². The molecule has 0 radical (unpaired) electrons. The predicted octanol–water partition coefficient (Wildman–Crippen LogP) is 3.61. The third-order valence-corrected chi connectivity index (χ3v) is 3.48. The van der Waals surface area contributed by atoms with E-state index in [-0.39, 0.29) is 0 Å². The zero-order chi connectivity index (χ0) is 11.0. The molecule has 0 unspecified atom stereocenters. The Morgan fingerprint density at radius 3 is 2.67 bits per heavy atom. The standard InChI is InChI=1S/C12H9BrO2/c1-7-10(12(14)15)6-8-4-2-3-5-9(8)11(7)13/h2-6H,1H3,(H,14,15). The number of carboxylic acids is 1. The summed E-state index contributed by atoms with van der Waals surface area (Å²) in [4.78, 5) is 11.0. The zero-order valence-corrected chi connectivity index (χ0v) is 9.71. The second kappa shape index (κ2) is 3.66. The number of hydrogen-bond acceptors (Lipinski definition) is 1. The molecule has 0 fully saturated rings. The Balaban J connectivity index is 2.88. The lowest BCUT2D eigenvalue weighted by atomic mass is 10.0. The third-order valence-electron chi connectivity index (χ3n) is 2.46. The SMILES string of the molecule is Cc1c(C(=O)O)cc2ccccc2c1Br. The topological polar surface area (TPSA) is 37.3 Å². The van der Waals surface area contributed by atoms with Crippen molar-refractivity contribution in [1.29, 1.82) is 0 Å². The Hall–Kier alpha value is -1.35. The highest BCUT2D eigenvalue weighted by molar-refractivity contribution is 9.10. The van der Waals surface area contributed by atoms with Crippen molar-refractivity contribution in [2.45, 2.75) is 6.92 Å². The van der Waals surface area contributed by atoms with E-state index < -0.39 is 5.97 Å². The van der Waals surface area contributed by atoms with Gasteiger partial charge < -0.3 is 5.11 Å². The molecule has 0 saturated carbocycles. The molecule has 2 nitrogen and oxygen atoms in total. The summed E-state index contributed by atoms with van der Waals surface area (Å²) in [5.74, 6) is -0.890. The average molecular weight is 265 g/mol. The van der Waals surface area contributed by atoms with Crippen LogP contribution >= 0.6 is 15.9 Å². The van der Waals surface area contributed by atoms with E-state index >= 15 is 0 Å². The van der Waals surface area contributed by atoms with Gasteiger partial charge in [0.2, 0.25) is 0 Å². The van der Waals surface area contributed by atoms with E-state index in [1.807, 2.05) is 24.3 Å². The molecule has 2 aromatic rings. The minimum Gasteiger partial charge on any atom is -0.478 e. The van der Waals surface area contributed by atoms with Crippen molar-refractivity contribution in [3.05, 3.63) is 45.9 Å². The molecule has 0 aliphatic rings. The van der Waals surface area contributed by atoms with Gasteiger partial charge in [0.05, 0.1) is 5.56 Å². The number of halogens is 1. The Morgan fingerprint density at radius 2 is 2.00 bits per heavy atom. The molecule has 0 aromatic heterocycles. The molecule has 0 spiro atoms. The monoisotopic (exact) mass is 264 g/mol. The Kier molecular flexibility index (Phi) is 2.49. The fourth-order valence-electron chi connectivity index (χ4n) is 1.63. The van der Waals surface area contributed by atoms with Crippen LogP contribution in [0.15, 0.2) is 34.8 Å². The van der Waals surface area contributed by atoms with Gasteiger partial charge in [-0.25, -0.2) is 4.79 Å². The fraction of sp³-hybridized carbons (Fsp3) is 0.0833. The van der Waals surface area contributed by atoms with Gasteiger partial charge in [-0.15, -0.1) is 0 Å². The number of aromatic carboxylic acids is 1. The van der Waals surface area contributed by atoms with Gasteiger partial charge in [0.25, 0.3) is 0 Å². The van der Waals surface area contributed by atoms with Crippen LogP contribution in [0.4, 0.5) is 0 Å². The molecule has 15 heavy (non-hydrogen) atoms. The molecule has 0 atom stereocenters. The van der Waals surface area contributed by atoms with E-state index in [1.165, 1.54) is 0 Å². The quantitative estimate of drug-likeness (QED) is 0.855. The predicted molar refractivity (Wildman–Crippen MR) is 63.3 cm³/mol. The maximum absolute atomic E-state index is 11.0. The molecule has 0 heterocycles. The first-order valence-corrected chi connectivity index (χ1v) is 5.31. The molecule has 0 aliphatic carbocycles. The lowest BCUT2D eigenvalue weighted by Crippen LogP contribution is -2.00. The van der Waals surface area contributed by atoms with Crippen LogP contribution in [0.2, 0.25) is 0 Å². The maximum atomic E-state index is 11.0. The lowest BCUT2D eigenvalue weighted by molar-refractivity contribution is 0.0696. The largest absolute Gasteiger partial charge is 0.478 e. The summed E-state index contributed by atoms with van der Waals surface area (Å²) in [7, 11) is 0. The van der Waals surface area contributed by atoms with E-state index in [9.17, 15) is 4.79 Å². The van der Waals surface area contributed by atoms with Gasteiger partial charge in [-0.2, -0.15) is 0 Å². The van der Waals surface area contributed by atoms with Gasteiger partial charge >= 0.3 is 5.97 Å². The lowest BCUT2D eigenvalue weighted by Gasteiger charge is -2.07. The fourth-order valence-corrected chi connectivity index (χ4v) is 2.20. The van der Waals surface area contributed by atoms with E-state index in [1.54, 1.807) is 13.0 Å². The van der Waals surface area contributed by atoms with Gasteiger partial charge in [0.15, 0.2) is 0 Å². The minimum absolute atomic E-state index is 0.348. The van der Waals surface area contributed by atoms with Crippen LogP contribution in [0, 0.1) is 6.92 Å². The third kappa shape index (κ3) is 1.63. The number of carboxylic acid groups (broad SMARTS) is 1. The molecule has 0 amide bonds. The van der Waals surface area contributed by atoms with Gasteiger partial charge in [0, 0.05) is 4.47 Å². The van der Waals surface area contributed by atoms with Crippen molar-refractivity contribution in [3.63, 3.8) is 0 Å². The summed E-state index contributed by atoms with van der Waals surface area (Å²) in [6.07, 6.45) is 0. The summed E-state index contributed by atoms with van der Waals surface area (Å²) >= 11 is 3.44. The first kappa shape index (κ1) is 10.2. The van der Waals surface area contributed by atoms with Gasteiger partial charge in [-0.3, -0.25) is 0 Å². The van der Waals surface area contributed by atoms with Crippen molar-refractivity contribution in [1.82, 2.24) is 0 Å². The molecule has 3 heteroatoms.